The molecule has 1 aromatic heterocycles. The molecule has 0 aliphatic heterocycles. The van der Waals surface area contributed by atoms with Crippen LogP contribution in [0.2, 0.25) is 0 Å². The number of halogens is 1. The van der Waals surface area contributed by atoms with Crippen LogP contribution in [0.25, 0.3) is 6.08 Å². The highest BCUT2D eigenvalue weighted by molar-refractivity contribution is 5.55. The Bertz CT molecular complexity index is 864. The molecule has 2 rings (SSSR count). The van der Waals surface area contributed by atoms with Gasteiger partial charge >= 0.3 is 0 Å². The Labute approximate surface area is 246 Å². The van der Waals surface area contributed by atoms with Crippen LogP contribution in [0.15, 0.2) is 60.9 Å². The molecule has 0 radical (unpaired) electrons. The first-order valence-corrected chi connectivity index (χ1v) is 16.4. The Kier molecular flexibility index (Phi) is 20.5. The van der Waals surface area contributed by atoms with Gasteiger partial charge in [0.15, 0.2) is 18.9 Å². The second-order valence-corrected chi connectivity index (χ2v) is 11.7. The molecule has 0 saturated carbocycles. The van der Waals surface area contributed by atoms with E-state index in [4.69, 9.17) is 18.6 Å². The average Bonchev–Trinajstić information content (AvgIpc) is 2.91. The minimum Gasteiger partial charge on any atom is -0.378 e. The summed E-state index contributed by atoms with van der Waals surface area (Å²) in [5.41, 5.74) is 2.54. The minimum atomic E-state index is -4.94. The molecule has 1 atom stereocenters. The van der Waals surface area contributed by atoms with Gasteiger partial charge in [0.25, 0.3) is 0 Å². The first-order valence-electron chi connectivity index (χ1n) is 15.2. The van der Waals surface area contributed by atoms with Crippen LogP contribution in [0.5, 0.6) is 0 Å². The predicted octanol–water partition coefficient (Wildman–Crippen LogP) is 4.49. The molecule has 40 heavy (non-hydrogen) atoms. The number of benzene rings is 1. The highest BCUT2D eigenvalue weighted by atomic mass is 35.7. The number of hydrogen-bond donors (Lipinski definition) is 0. The van der Waals surface area contributed by atoms with Crippen molar-refractivity contribution in [3.05, 3.63) is 66.5 Å². The third-order valence-corrected chi connectivity index (χ3v) is 7.12. The maximum Gasteiger partial charge on any atom is 0.168 e. The number of anilines is 1. The quantitative estimate of drug-likeness (QED) is 0.171. The van der Waals surface area contributed by atoms with Gasteiger partial charge in [0, 0.05) is 37.8 Å². The van der Waals surface area contributed by atoms with Crippen molar-refractivity contribution in [1.82, 2.24) is 0 Å². The van der Waals surface area contributed by atoms with Gasteiger partial charge in [0.05, 0.1) is 0 Å². The number of pyridine rings is 1. The Hall–Kier alpha value is -1.96. The van der Waals surface area contributed by atoms with Gasteiger partial charge in [-0.05, 0) is 24.1 Å². The summed E-state index contributed by atoms with van der Waals surface area (Å²) in [7, 11) is -0.761. The van der Waals surface area contributed by atoms with E-state index in [1.165, 1.54) is 108 Å². The van der Waals surface area contributed by atoms with Crippen LogP contribution in [-0.2, 0) is 6.54 Å². The first-order chi connectivity index (χ1) is 19.2. The molecule has 0 fully saturated rings. The van der Waals surface area contributed by atoms with Crippen molar-refractivity contribution < 1.29 is 33.4 Å². The summed E-state index contributed by atoms with van der Waals surface area (Å²) in [6, 6.07) is 15.2. The first kappa shape index (κ1) is 36.1. The Morgan fingerprint density at radius 3 is 1.60 bits per heavy atom. The van der Waals surface area contributed by atoms with E-state index in [1.807, 2.05) is 0 Å². The van der Waals surface area contributed by atoms with Crippen molar-refractivity contribution in [2.75, 3.05) is 19.0 Å². The lowest BCUT2D eigenvalue weighted by Gasteiger charge is -2.17. The van der Waals surface area contributed by atoms with Gasteiger partial charge < -0.3 is 4.90 Å². The molecule has 0 aliphatic carbocycles. The Balaban J connectivity index is 0.00000146. The second kappa shape index (κ2) is 22.7. The molecule has 6 nitrogen and oxygen atoms in total. The molecule has 1 aromatic carbocycles. The summed E-state index contributed by atoms with van der Waals surface area (Å²) >= 11 is 0. The van der Waals surface area contributed by atoms with Crippen LogP contribution in [0, 0.1) is 16.2 Å². The van der Waals surface area contributed by atoms with Crippen LogP contribution >= 0.6 is 0 Å². The predicted molar refractivity (Wildman–Crippen MR) is 155 cm³/mol. The van der Waals surface area contributed by atoms with Crippen LogP contribution < -0.4 is 28.1 Å². The highest BCUT2D eigenvalue weighted by Gasteiger charge is 2.11. The van der Waals surface area contributed by atoms with Crippen molar-refractivity contribution in [1.29, 1.82) is 0 Å². The Morgan fingerprint density at radius 2 is 1.15 bits per heavy atom. The molecular formula is C33H53ClN2O4. The molecule has 7 heteroatoms. The molecule has 2 aromatic rings. The van der Waals surface area contributed by atoms with Crippen molar-refractivity contribution in [3.63, 3.8) is 0 Å². The van der Waals surface area contributed by atoms with E-state index in [0.717, 1.165) is 6.54 Å². The van der Waals surface area contributed by atoms with Crippen LogP contribution in [0.1, 0.15) is 109 Å². The molecule has 0 N–H and O–H groups in total. The van der Waals surface area contributed by atoms with Gasteiger partial charge in [-0.25, -0.2) is 23.2 Å². The summed E-state index contributed by atoms with van der Waals surface area (Å²) in [6.45, 7) is 3.36. The average molecular weight is 577 g/mol. The minimum absolute atomic E-state index is 0.577. The number of rotatable bonds is 20. The van der Waals surface area contributed by atoms with E-state index in [0.29, 0.717) is 5.92 Å². The van der Waals surface area contributed by atoms with Crippen molar-refractivity contribution in [2.24, 2.45) is 5.92 Å². The fraction of sp³-hybridized carbons (Fsp3) is 0.606. The van der Waals surface area contributed by atoms with Crippen LogP contribution in [0.4, 0.5) is 5.69 Å². The summed E-state index contributed by atoms with van der Waals surface area (Å²) < 4.78 is 36.3. The van der Waals surface area contributed by atoms with Gasteiger partial charge in [-0.3, -0.25) is 0 Å². The maximum absolute atomic E-state index is 8.49. The standard InChI is InChI=1S/C33H53N2.ClHO4/c1-4-5-6-7-8-9-10-11-12-13-14-15-16-18-21-32(30-35-28-19-17-20-29-35)23-22-31-24-26-33(27-25-31)34(2)3;2-1(3,4)5/h17,19-20,22-29,32H,4-16,18,21,30H2,1-3H3;(H,2,3,4,5)/q+1;/p-1. The monoisotopic (exact) mass is 576 g/mol. The number of hydrogen-bond acceptors (Lipinski definition) is 5. The highest BCUT2D eigenvalue weighted by Crippen LogP contribution is 2.18. The molecule has 1 heterocycles. The van der Waals surface area contributed by atoms with E-state index >= 15 is 0 Å². The van der Waals surface area contributed by atoms with Gasteiger partial charge in [0.2, 0.25) is 0 Å². The molecule has 1 unspecified atom stereocenters. The molecule has 0 spiro atoms. The SMILES string of the molecule is CCCCCCCCCCCCCCCCC(C=Cc1ccc(N(C)C)cc1)C[n+]1ccccc1.[O-][Cl+3]([O-])([O-])[O-]. The molecule has 0 bridgehead atoms. The third-order valence-electron chi connectivity index (χ3n) is 7.12. The molecular weight excluding hydrogens is 524 g/mol. The van der Waals surface area contributed by atoms with Crippen molar-refractivity contribution in [2.45, 2.75) is 110 Å². The van der Waals surface area contributed by atoms with Crippen molar-refractivity contribution in [3.8, 4) is 0 Å². The van der Waals surface area contributed by atoms with E-state index in [9.17, 15) is 0 Å². The number of unbranched alkanes of at least 4 members (excludes halogenated alkanes) is 13. The molecule has 226 valence electrons. The lowest BCUT2D eigenvalue weighted by molar-refractivity contribution is -2.00. The Morgan fingerprint density at radius 1 is 0.700 bits per heavy atom. The summed E-state index contributed by atoms with van der Waals surface area (Å²) in [4.78, 5) is 2.15. The summed E-state index contributed by atoms with van der Waals surface area (Å²) in [5, 5.41) is 0. The fourth-order valence-corrected chi connectivity index (χ4v) is 4.81. The topological polar surface area (TPSA) is 99.4 Å². The summed E-state index contributed by atoms with van der Waals surface area (Å²) in [5.74, 6) is 0.577. The molecule has 0 aliphatic rings. The molecule has 0 saturated heterocycles. The third kappa shape index (κ3) is 21.8. The van der Waals surface area contributed by atoms with E-state index in [2.05, 4.69) is 97.5 Å². The van der Waals surface area contributed by atoms with E-state index < -0.39 is 10.2 Å². The smallest absolute Gasteiger partial charge is 0.168 e. The number of nitrogens with zero attached hydrogens (tertiary/aromatic N) is 2. The second-order valence-electron chi connectivity index (χ2n) is 10.9. The zero-order chi connectivity index (χ0) is 29.5. The van der Waals surface area contributed by atoms with Crippen LogP contribution in [-0.4, -0.2) is 14.1 Å². The van der Waals surface area contributed by atoms with Crippen molar-refractivity contribution >= 4 is 11.8 Å². The normalized spacial score (nSPS) is 12.3. The van der Waals surface area contributed by atoms with Gasteiger partial charge in [-0.1, -0.05) is 127 Å². The molecule has 0 amide bonds. The lowest BCUT2D eigenvalue weighted by Crippen LogP contribution is -2.68. The zero-order valence-corrected chi connectivity index (χ0v) is 25.9. The van der Waals surface area contributed by atoms with E-state index in [1.54, 1.807) is 0 Å². The zero-order valence-electron chi connectivity index (χ0n) is 25.1. The fourth-order valence-electron chi connectivity index (χ4n) is 4.81. The number of aromatic nitrogens is 1. The largest absolute Gasteiger partial charge is 0.378 e. The van der Waals surface area contributed by atoms with Gasteiger partial charge in [-0.2, -0.15) is 0 Å². The van der Waals surface area contributed by atoms with Gasteiger partial charge in [0.1, 0.15) is 0 Å². The van der Waals surface area contributed by atoms with E-state index in [-0.39, 0.29) is 0 Å². The summed E-state index contributed by atoms with van der Waals surface area (Å²) in [6.07, 6.45) is 30.3. The number of allylic oxidation sites excluding steroid dienone is 1. The maximum atomic E-state index is 8.49. The van der Waals surface area contributed by atoms with Gasteiger partial charge in [-0.15, -0.1) is 10.2 Å². The van der Waals surface area contributed by atoms with Crippen LogP contribution in [0.3, 0.4) is 0 Å². The lowest BCUT2D eigenvalue weighted by atomic mass is 9.98.